The molecule has 0 unspecified atom stereocenters. The third-order valence-corrected chi connectivity index (χ3v) is 5.77. The molecule has 0 saturated heterocycles. The number of pyridine rings is 1. The zero-order valence-electron chi connectivity index (χ0n) is 16.5. The molecule has 31 heavy (non-hydrogen) atoms. The Morgan fingerprint density at radius 3 is 2.65 bits per heavy atom. The van der Waals surface area contributed by atoms with E-state index in [0.29, 0.717) is 35.1 Å². The van der Waals surface area contributed by atoms with E-state index in [-0.39, 0.29) is 28.9 Å². The van der Waals surface area contributed by atoms with Crippen LogP contribution >= 0.6 is 11.6 Å². The van der Waals surface area contributed by atoms with Crippen LogP contribution in [0.3, 0.4) is 0 Å². The Balaban J connectivity index is 1.81. The second-order valence-corrected chi connectivity index (χ2v) is 7.84. The number of nitrogens with zero attached hydrogens (tertiary/aromatic N) is 2. The zero-order chi connectivity index (χ0) is 22.1. The molecule has 6 nitrogen and oxygen atoms in total. The molecule has 0 aliphatic heterocycles. The van der Waals surface area contributed by atoms with E-state index in [2.05, 4.69) is 4.98 Å². The van der Waals surface area contributed by atoms with Gasteiger partial charge < -0.3 is 16.4 Å². The van der Waals surface area contributed by atoms with Crippen molar-refractivity contribution in [2.45, 2.75) is 25.4 Å². The number of amides is 2. The Labute approximate surface area is 183 Å². The highest BCUT2D eigenvalue weighted by molar-refractivity contribution is 6.30. The molecule has 0 saturated carbocycles. The molecule has 158 valence electrons. The molecule has 2 amide bonds. The number of carbonyl (C=O) groups excluding carboxylic acids is 2. The number of primary amides is 1. The van der Waals surface area contributed by atoms with E-state index < -0.39 is 17.8 Å². The lowest BCUT2D eigenvalue weighted by Crippen LogP contribution is -2.35. The van der Waals surface area contributed by atoms with Crippen molar-refractivity contribution in [3.8, 4) is 0 Å². The molecule has 0 spiro atoms. The van der Waals surface area contributed by atoms with Crippen molar-refractivity contribution in [2.75, 3.05) is 5.73 Å². The van der Waals surface area contributed by atoms with E-state index in [1.165, 1.54) is 12.3 Å². The molecule has 0 bridgehead atoms. The lowest BCUT2D eigenvalue weighted by atomic mass is 10.0. The monoisotopic (exact) mass is 438 g/mol. The van der Waals surface area contributed by atoms with Crippen LogP contribution in [0.5, 0.6) is 0 Å². The van der Waals surface area contributed by atoms with Crippen LogP contribution in [-0.2, 0) is 13.0 Å². The third kappa shape index (κ3) is 3.96. The number of carbonyl (C=O) groups is 2. The summed E-state index contributed by atoms with van der Waals surface area (Å²) >= 11 is 6.11. The van der Waals surface area contributed by atoms with E-state index in [4.69, 9.17) is 23.1 Å². The summed E-state index contributed by atoms with van der Waals surface area (Å²) in [6, 6.07) is 12.5. The second kappa shape index (κ2) is 8.35. The van der Waals surface area contributed by atoms with Gasteiger partial charge in [-0.05, 0) is 59.9 Å². The van der Waals surface area contributed by atoms with Crippen molar-refractivity contribution in [1.82, 2.24) is 9.88 Å². The minimum atomic E-state index is -0.593. The number of hydrogen-bond donors (Lipinski definition) is 2. The predicted molar refractivity (Wildman–Crippen MR) is 116 cm³/mol. The van der Waals surface area contributed by atoms with Crippen molar-refractivity contribution in [3.63, 3.8) is 0 Å². The first-order chi connectivity index (χ1) is 14.9. The molecular formula is C23H20ClFN4O2. The number of hydrogen-bond acceptors (Lipinski definition) is 4. The molecule has 8 heteroatoms. The fraction of sp³-hybridized carbons (Fsp3) is 0.174. The highest BCUT2D eigenvalue weighted by atomic mass is 35.5. The summed E-state index contributed by atoms with van der Waals surface area (Å²) in [5.41, 5.74) is 13.8. The fourth-order valence-electron chi connectivity index (χ4n) is 4.10. The van der Waals surface area contributed by atoms with Gasteiger partial charge in [-0.2, -0.15) is 0 Å². The number of fused-ring (bicyclic) bond motifs is 1. The highest BCUT2D eigenvalue weighted by Gasteiger charge is 2.34. The van der Waals surface area contributed by atoms with E-state index >= 15 is 0 Å². The van der Waals surface area contributed by atoms with Gasteiger partial charge in [0.1, 0.15) is 11.6 Å². The normalized spacial score (nSPS) is 14.8. The number of nitrogens with two attached hydrogens (primary N) is 2. The summed E-state index contributed by atoms with van der Waals surface area (Å²) in [6.45, 7) is 0.0878. The Morgan fingerprint density at radius 2 is 1.90 bits per heavy atom. The van der Waals surface area contributed by atoms with Crippen molar-refractivity contribution < 1.29 is 14.0 Å². The summed E-state index contributed by atoms with van der Waals surface area (Å²) in [6.07, 6.45) is 2.48. The van der Waals surface area contributed by atoms with Gasteiger partial charge in [-0.25, -0.2) is 9.37 Å². The predicted octanol–water partition coefficient (Wildman–Crippen LogP) is 3.89. The summed E-state index contributed by atoms with van der Waals surface area (Å²) in [7, 11) is 0. The zero-order valence-corrected chi connectivity index (χ0v) is 17.3. The Morgan fingerprint density at radius 1 is 1.16 bits per heavy atom. The number of rotatable bonds is 5. The molecule has 4 rings (SSSR count). The first-order valence-electron chi connectivity index (χ1n) is 9.73. The third-order valence-electron chi connectivity index (χ3n) is 5.55. The quantitative estimate of drug-likeness (QED) is 0.630. The van der Waals surface area contributed by atoms with E-state index in [1.54, 1.807) is 47.4 Å². The summed E-state index contributed by atoms with van der Waals surface area (Å²) in [5.74, 6) is -1.26. The first kappa shape index (κ1) is 20.8. The van der Waals surface area contributed by atoms with Crippen LogP contribution in [0, 0.1) is 5.82 Å². The van der Waals surface area contributed by atoms with Crippen molar-refractivity contribution in [3.05, 3.63) is 93.4 Å². The molecule has 1 aliphatic carbocycles. The maximum Gasteiger partial charge on any atom is 0.258 e. The molecule has 2 aromatic carbocycles. The van der Waals surface area contributed by atoms with Crippen LogP contribution < -0.4 is 11.5 Å². The molecule has 1 atom stereocenters. The maximum atomic E-state index is 14.5. The van der Waals surface area contributed by atoms with Gasteiger partial charge in [0.15, 0.2) is 0 Å². The van der Waals surface area contributed by atoms with Gasteiger partial charge in [0.25, 0.3) is 5.91 Å². The summed E-state index contributed by atoms with van der Waals surface area (Å²) < 4.78 is 14.5. The topological polar surface area (TPSA) is 102 Å². The average Bonchev–Trinajstić information content (AvgIpc) is 3.16. The van der Waals surface area contributed by atoms with Crippen molar-refractivity contribution >= 4 is 29.2 Å². The summed E-state index contributed by atoms with van der Waals surface area (Å²) in [4.78, 5) is 31.1. The van der Waals surface area contributed by atoms with Crippen LogP contribution in [0.4, 0.5) is 10.2 Å². The van der Waals surface area contributed by atoms with Crippen LogP contribution in [0.15, 0.2) is 54.7 Å². The highest BCUT2D eigenvalue weighted by Crippen LogP contribution is 2.40. The average molecular weight is 439 g/mol. The minimum Gasteiger partial charge on any atom is -0.383 e. The van der Waals surface area contributed by atoms with Gasteiger partial charge in [-0.1, -0.05) is 29.8 Å². The van der Waals surface area contributed by atoms with E-state index in [9.17, 15) is 14.0 Å². The number of aromatic nitrogens is 1. The molecule has 1 aromatic heterocycles. The largest absolute Gasteiger partial charge is 0.383 e. The number of benzene rings is 2. The SMILES string of the molecule is NC(=O)c1ccccc1CN(C(=O)c1cccnc1N)[C@@H]1CCc2c(F)cc(Cl)cc21. The molecule has 1 aliphatic rings. The summed E-state index contributed by atoms with van der Waals surface area (Å²) in [5, 5.41) is 0.258. The minimum absolute atomic E-state index is 0.0878. The van der Waals surface area contributed by atoms with E-state index in [0.717, 1.165) is 0 Å². The number of nitrogen functional groups attached to an aromatic ring is 1. The fourth-order valence-corrected chi connectivity index (χ4v) is 4.32. The molecule has 1 heterocycles. The van der Waals surface area contributed by atoms with Crippen LogP contribution in [0.2, 0.25) is 5.02 Å². The second-order valence-electron chi connectivity index (χ2n) is 7.40. The number of anilines is 1. The Hall–Kier alpha value is -3.45. The lowest BCUT2D eigenvalue weighted by Gasteiger charge is -2.31. The Bertz CT molecular complexity index is 1180. The van der Waals surface area contributed by atoms with Crippen LogP contribution in [0.1, 0.15) is 49.9 Å². The smallest absolute Gasteiger partial charge is 0.258 e. The lowest BCUT2D eigenvalue weighted by molar-refractivity contribution is 0.0657. The van der Waals surface area contributed by atoms with Gasteiger partial charge in [-0.15, -0.1) is 0 Å². The molecule has 0 radical (unpaired) electrons. The van der Waals surface area contributed by atoms with Gasteiger partial charge >= 0.3 is 0 Å². The number of halogens is 2. The van der Waals surface area contributed by atoms with Gasteiger partial charge in [0.2, 0.25) is 5.91 Å². The molecule has 3 aromatic rings. The first-order valence-corrected chi connectivity index (χ1v) is 10.1. The van der Waals surface area contributed by atoms with Crippen LogP contribution in [-0.4, -0.2) is 21.7 Å². The standard InChI is InChI=1S/C23H20ClFN4O2/c24-14-10-18-16(19(25)11-14)7-8-20(18)29(23(31)17-6-3-9-28-21(17)26)12-13-4-1-2-5-15(13)22(27)30/h1-6,9-11,20H,7-8,12H2,(H2,26,28)(H2,27,30)/t20-/m1/s1. The van der Waals surface area contributed by atoms with Gasteiger partial charge in [0, 0.05) is 23.3 Å². The Kier molecular flexibility index (Phi) is 5.61. The molecule has 0 fully saturated rings. The van der Waals surface area contributed by atoms with Gasteiger partial charge in [0.05, 0.1) is 11.6 Å². The van der Waals surface area contributed by atoms with Crippen molar-refractivity contribution in [1.29, 1.82) is 0 Å². The van der Waals surface area contributed by atoms with Crippen LogP contribution in [0.25, 0.3) is 0 Å². The van der Waals surface area contributed by atoms with E-state index in [1.807, 2.05) is 0 Å². The molecule has 4 N–H and O–H groups in total. The molecular weight excluding hydrogens is 419 g/mol. The van der Waals surface area contributed by atoms with Crippen molar-refractivity contribution in [2.24, 2.45) is 5.73 Å². The van der Waals surface area contributed by atoms with Gasteiger partial charge in [-0.3, -0.25) is 9.59 Å². The maximum absolute atomic E-state index is 14.5.